The number of carbonyl (C=O) groups is 2. The molecule has 0 bridgehead atoms. The maximum Gasteiger partial charge on any atom is 0.253 e. The highest BCUT2D eigenvalue weighted by atomic mass is 19.1. The van der Waals surface area contributed by atoms with Gasteiger partial charge in [-0.15, -0.1) is 0 Å². The number of halogens is 1. The first-order valence-corrected chi connectivity index (χ1v) is 9.42. The quantitative estimate of drug-likeness (QED) is 0.845. The Morgan fingerprint density at radius 1 is 1.08 bits per heavy atom. The highest BCUT2D eigenvalue weighted by molar-refractivity contribution is 5.94. The van der Waals surface area contributed by atoms with Gasteiger partial charge < -0.3 is 9.80 Å². The molecule has 0 radical (unpaired) electrons. The summed E-state index contributed by atoms with van der Waals surface area (Å²) in [5.41, 5.74) is 0.262. The lowest BCUT2D eigenvalue weighted by molar-refractivity contribution is -0.136. The van der Waals surface area contributed by atoms with Crippen molar-refractivity contribution in [2.75, 3.05) is 26.2 Å². The van der Waals surface area contributed by atoms with Crippen molar-refractivity contribution < 1.29 is 14.0 Å². The lowest BCUT2D eigenvalue weighted by atomic mass is 9.79. The van der Waals surface area contributed by atoms with E-state index in [0.29, 0.717) is 24.6 Å². The number of nitrogens with zero attached hydrogens (tertiary/aromatic N) is 2. The zero-order valence-electron chi connectivity index (χ0n) is 14.5. The van der Waals surface area contributed by atoms with E-state index in [9.17, 15) is 14.0 Å². The van der Waals surface area contributed by atoms with Crippen LogP contribution in [0.25, 0.3) is 0 Å². The van der Waals surface area contributed by atoms with E-state index in [0.717, 1.165) is 44.7 Å². The van der Waals surface area contributed by atoms with Crippen LogP contribution < -0.4 is 0 Å². The molecule has 2 aliphatic heterocycles. The summed E-state index contributed by atoms with van der Waals surface area (Å²) in [5.74, 6) is 0.646. The van der Waals surface area contributed by atoms with E-state index in [1.807, 2.05) is 4.90 Å². The summed E-state index contributed by atoms with van der Waals surface area (Å²) in [6, 6.07) is 5.72. The fourth-order valence-corrected chi connectivity index (χ4v) is 4.32. The van der Waals surface area contributed by atoms with Crippen LogP contribution in [0.1, 0.15) is 48.9 Å². The van der Waals surface area contributed by atoms with E-state index < -0.39 is 0 Å². The minimum absolute atomic E-state index is 0.0580. The van der Waals surface area contributed by atoms with Crippen molar-refractivity contribution in [3.8, 4) is 0 Å². The lowest BCUT2D eigenvalue weighted by Crippen LogP contribution is -2.37. The first-order valence-electron chi connectivity index (χ1n) is 9.42. The van der Waals surface area contributed by atoms with Crippen molar-refractivity contribution in [2.24, 2.45) is 11.3 Å². The van der Waals surface area contributed by atoms with E-state index in [-0.39, 0.29) is 17.1 Å². The van der Waals surface area contributed by atoms with Gasteiger partial charge in [-0.3, -0.25) is 9.59 Å². The Hall–Kier alpha value is -1.91. The van der Waals surface area contributed by atoms with Crippen LogP contribution in [0.5, 0.6) is 0 Å². The van der Waals surface area contributed by atoms with Crippen LogP contribution in [0.15, 0.2) is 24.3 Å². The van der Waals surface area contributed by atoms with Crippen molar-refractivity contribution in [2.45, 2.75) is 38.5 Å². The average molecular weight is 344 g/mol. The summed E-state index contributed by atoms with van der Waals surface area (Å²) < 4.78 is 13.1. The van der Waals surface area contributed by atoms with Crippen LogP contribution in [0.2, 0.25) is 0 Å². The largest absolute Gasteiger partial charge is 0.342 e. The highest BCUT2D eigenvalue weighted by Crippen LogP contribution is 2.43. The maximum absolute atomic E-state index is 13.1. The molecule has 1 aromatic rings. The minimum atomic E-state index is -0.335. The predicted molar refractivity (Wildman–Crippen MR) is 92.5 cm³/mol. The van der Waals surface area contributed by atoms with Gasteiger partial charge in [-0.2, -0.15) is 0 Å². The molecule has 2 amide bonds. The second-order valence-corrected chi connectivity index (χ2v) is 7.88. The van der Waals surface area contributed by atoms with Gasteiger partial charge in [0.1, 0.15) is 5.82 Å². The first kappa shape index (κ1) is 16.6. The Morgan fingerprint density at radius 3 is 2.52 bits per heavy atom. The van der Waals surface area contributed by atoms with Crippen LogP contribution >= 0.6 is 0 Å². The van der Waals surface area contributed by atoms with E-state index >= 15 is 0 Å². The van der Waals surface area contributed by atoms with Crippen LogP contribution in [-0.4, -0.2) is 47.8 Å². The zero-order valence-corrected chi connectivity index (χ0v) is 14.5. The molecule has 0 unspecified atom stereocenters. The second kappa shape index (κ2) is 6.43. The number of hydrogen-bond donors (Lipinski definition) is 0. The zero-order chi connectivity index (χ0) is 17.4. The summed E-state index contributed by atoms with van der Waals surface area (Å²) in [4.78, 5) is 29.5. The Bertz CT molecular complexity index is 671. The molecular formula is C20H25FN2O2. The molecule has 2 saturated heterocycles. The standard InChI is InChI=1S/C20H25FN2O2/c21-17-6-4-16(5-7-17)18(24)22-11-1-8-20(9-12-22)10-13-23(19(20)25)14-15-2-3-15/h4-7,15H,1-3,8-14H2/t20-/m1/s1. The second-order valence-electron chi connectivity index (χ2n) is 7.88. The van der Waals surface area contributed by atoms with Crippen LogP contribution in [0, 0.1) is 17.2 Å². The summed E-state index contributed by atoms with van der Waals surface area (Å²) >= 11 is 0. The topological polar surface area (TPSA) is 40.6 Å². The Morgan fingerprint density at radius 2 is 1.80 bits per heavy atom. The van der Waals surface area contributed by atoms with Crippen molar-refractivity contribution in [1.29, 1.82) is 0 Å². The number of amides is 2. The van der Waals surface area contributed by atoms with Gasteiger partial charge in [0.05, 0.1) is 5.41 Å². The Kier molecular flexibility index (Phi) is 4.26. The molecule has 25 heavy (non-hydrogen) atoms. The van der Waals surface area contributed by atoms with Gasteiger partial charge in [0.15, 0.2) is 0 Å². The monoisotopic (exact) mass is 344 g/mol. The number of hydrogen-bond acceptors (Lipinski definition) is 2. The molecular weight excluding hydrogens is 319 g/mol. The third-order valence-corrected chi connectivity index (χ3v) is 6.10. The molecule has 1 aromatic carbocycles. The van der Waals surface area contributed by atoms with Crippen LogP contribution in [0.3, 0.4) is 0 Å². The lowest BCUT2D eigenvalue weighted by Gasteiger charge is -2.27. The molecule has 4 rings (SSSR count). The first-order chi connectivity index (χ1) is 12.1. The highest BCUT2D eigenvalue weighted by Gasteiger charge is 2.48. The normalized spacial score (nSPS) is 27.0. The fraction of sp³-hybridized carbons (Fsp3) is 0.600. The molecule has 2 heterocycles. The molecule has 1 aliphatic carbocycles. The molecule has 0 N–H and O–H groups in total. The smallest absolute Gasteiger partial charge is 0.253 e. The SMILES string of the molecule is O=C(c1ccc(F)cc1)N1CCC[C@@]2(CC1)CCN(CC1CC1)C2=O. The molecule has 1 atom stereocenters. The average Bonchev–Trinajstić information content (AvgIpc) is 3.40. The Labute approximate surface area is 148 Å². The molecule has 134 valence electrons. The van der Waals surface area contributed by atoms with E-state index in [4.69, 9.17) is 0 Å². The maximum atomic E-state index is 13.1. The van der Waals surface area contributed by atoms with Gasteiger partial charge in [-0.25, -0.2) is 4.39 Å². The minimum Gasteiger partial charge on any atom is -0.342 e. The van der Waals surface area contributed by atoms with Gasteiger partial charge in [0, 0.05) is 31.7 Å². The molecule has 4 nitrogen and oxygen atoms in total. The number of carbonyl (C=O) groups excluding carboxylic acids is 2. The van der Waals surface area contributed by atoms with E-state index in [2.05, 4.69) is 4.90 Å². The summed E-state index contributed by atoms with van der Waals surface area (Å²) in [6.07, 6.45) is 5.93. The van der Waals surface area contributed by atoms with Gasteiger partial charge in [-0.1, -0.05) is 0 Å². The van der Waals surface area contributed by atoms with Crippen LogP contribution in [0.4, 0.5) is 4.39 Å². The third-order valence-electron chi connectivity index (χ3n) is 6.10. The van der Waals surface area contributed by atoms with Crippen molar-refractivity contribution >= 4 is 11.8 Å². The van der Waals surface area contributed by atoms with Gasteiger partial charge in [-0.05, 0) is 68.7 Å². The van der Waals surface area contributed by atoms with Gasteiger partial charge in [0.2, 0.25) is 5.91 Å². The third kappa shape index (κ3) is 3.29. The number of benzene rings is 1. The Balaban J connectivity index is 1.42. The summed E-state index contributed by atoms with van der Waals surface area (Å²) in [5, 5.41) is 0. The molecule has 1 saturated carbocycles. The van der Waals surface area contributed by atoms with Crippen LogP contribution in [-0.2, 0) is 4.79 Å². The predicted octanol–water partition coefficient (Wildman–Crippen LogP) is 3.08. The van der Waals surface area contributed by atoms with Crippen molar-refractivity contribution in [3.63, 3.8) is 0 Å². The summed E-state index contributed by atoms with van der Waals surface area (Å²) in [6.45, 7) is 3.09. The van der Waals surface area contributed by atoms with Gasteiger partial charge in [0.25, 0.3) is 5.91 Å². The fourth-order valence-electron chi connectivity index (χ4n) is 4.32. The molecule has 0 aromatic heterocycles. The van der Waals surface area contributed by atoms with Gasteiger partial charge >= 0.3 is 0 Å². The van der Waals surface area contributed by atoms with Crippen molar-refractivity contribution in [1.82, 2.24) is 9.80 Å². The van der Waals surface area contributed by atoms with E-state index in [1.165, 1.54) is 37.1 Å². The molecule has 5 heteroatoms. The summed E-state index contributed by atoms with van der Waals surface area (Å²) in [7, 11) is 0. The number of likely N-dealkylation sites (tertiary alicyclic amines) is 2. The molecule has 3 aliphatic rings. The number of rotatable bonds is 3. The molecule has 3 fully saturated rings. The van der Waals surface area contributed by atoms with E-state index in [1.54, 1.807) is 0 Å². The molecule has 1 spiro atoms. The van der Waals surface area contributed by atoms with Crippen molar-refractivity contribution in [3.05, 3.63) is 35.6 Å².